The highest BCUT2D eigenvalue weighted by atomic mass is 32.2. The van der Waals surface area contributed by atoms with E-state index in [1.807, 2.05) is 11.9 Å². The fourth-order valence-corrected chi connectivity index (χ4v) is 3.32. The first-order valence-electron chi connectivity index (χ1n) is 6.01. The fraction of sp³-hybridized carbons (Fsp3) is 0.909. The quantitative estimate of drug-likeness (QED) is 0.763. The molecule has 0 aromatic rings. The summed E-state index contributed by atoms with van der Waals surface area (Å²) < 4.78 is 11.2. The van der Waals surface area contributed by atoms with Crippen molar-refractivity contribution in [2.24, 2.45) is 0 Å². The van der Waals surface area contributed by atoms with Crippen molar-refractivity contribution in [2.75, 3.05) is 25.1 Å². The van der Waals surface area contributed by atoms with Gasteiger partial charge in [0.15, 0.2) is 0 Å². The van der Waals surface area contributed by atoms with E-state index in [9.17, 15) is 9.00 Å². The number of rotatable bonds is 4. The minimum absolute atomic E-state index is 0.189. The molecule has 0 aromatic carbocycles. The molecule has 1 aliphatic carbocycles. The second kappa shape index (κ2) is 5.27. The molecule has 2 aliphatic rings. The zero-order valence-corrected chi connectivity index (χ0v) is 10.6. The van der Waals surface area contributed by atoms with Gasteiger partial charge in [-0.1, -0.05) is 0 Å². The van der Waals surface area contributed by atoms with E-state index < -0.39 is 10.8 Å². The van der Waals surface area contributed by atoms with Gasteiger partial charge < -0.3 is 10.2 Å². The van der Waals surface area contributed by atoms with Crippen LogP contribution in [0.3, 0.4) is 0 Å². The predicted octanol–water partition coefficient (Wildman–Crippen LogP) is 0.108. The molecule has 2 fully saturated rings. The monoisotopic (exact) mass is 244 g/mol. The van der Waals surface area contributed by atoms with E-state index in [1.54, 1.807) is 0 Å². The third-order valence-corrected chi connectivity index (χ3v) is 4.80. The Morgan fingerprint density at radius 3 is 2.50 bits per heavy atom. The molecule has 1 saturated carbocycles. The van der Waals surface area contributed by atoms with Gasteiger partial charge in [-0.3, -0.25) is 9.00 Å². The van der Waals surface area contributed by atoms with Crippen LogP contribution in [0.1, 0.15) is 25.7 Å². The van der Waals surface area contributed by atoms with Gasteiger partial charge in [-0.25, -0.2) is 0 Å². The van der Waals surface area contributed by atoms with Crippen LogP contribution in [0.4, 0.5) is 0 Å². The average molecular weight is 244 g/mol. The van der Waals surface area contributed by atoms with Crippen LogP contribution in [0.15, 0.2) is 0 Å². The van der Waals surface area contributed by atoms with Crippen LogP contribution in [0.2, 0.25) is 0 Å². The number of carbonyl (C=O) groups is 1. The lowest BCUT2D eigenvalue weighted by atomic mass is 10.1. The Bertz CT molecular complexity index is 282. The second-order valence-electron chi connectivity index (χ2n) is 4.74. The van der Waals surface area contributed by atoms with Gasteiger partial charge in [0, 0.05) is 41.4 Å². The molecule has 0 aromatic heterocycles. The molecule has 0 spiro atoms. The average Bonchev–Trinajstić information content (AvgIpc) is 3.11. The molecule has 92 valence electrons. The van der Waals surface area contributed by atoms with E-state index in [2.05, 4.69) is 5.32 Å². The molecule has 16 heavy (non-hydrogen) atoms. The van der Waals surface area contributed by atoms with Crippen molar-refractivity contribution in [3.63, 3.8) is 0 Å². The SMILES string of the molecule is CN(C(=O)CNC1CCS(=O)CC1)C1CC1. The first kappa shape index (κ1) is 12.0. The smallest absolute Gasteiger partial charge is 0.236 e. The van der Waals surface area contributed by atoms with Crippen LogP contribution in [0.5, 0.6) is 0 Å². The van der Waals surface area contributed by atoms with Crippen LogP contribution in [0.25, 0.3) is 0 Å². The van der Waals surface area contributed by atoms with Gasteiger partial charge in [-0.15, -0.1) is 0 Å². The maximum atomic E-state index is 11.7. The van der Waals surface area contributed by atoms with Crippen molar-refractivity contribution >= 4 is 16.7 Å². The Hall–Kier alpha value is -0.420. The minimum atomic E-state index is -0.617. The van der Waals surface area contributed by atoms with Gasteiger partial charge in [0.05, 0.1) is 6.54 Å². The number of hydrogen-bond acceptors (Lipinski definition) is 3. The Kier molecular flexibility index (Phi) is 3.97. The van der Waals surface area contributed by atoms with E-state index in [1.165, 1.54) is 0 Å². The van der Waals surface area contributed by atoms with Crippen LogP contribution >= 0.6 is 0 Å². The largest absolute Gasteiger partial charge is 0.342 e. The standard InChI is InChI=1S/C11H20N2O2S/c1-13(10-2-3-10)11(14)8-12-9-4-6-16(15)7-5-9/h9-10,12H,2-8H2,1H3. The highest BCUT2D eigenvalue weighted by Crippen LogP contribution is 2.25. The third kappa shape index (κ3) is 3.28. The van der Waals surface area contributed by atoms with Gasteiger partial charge in [-0.05, 0) is 25.7 Å². The lowest BCUT2D eigenvalue weighted by Gasteiger charge is -2.24. The molecule has 0 bridgehead atoms. The molecule has 1 aliphatic heterocycles. The number of nitrogens with zero attached hydrogens (tertiary/aromatic N) is 1. The topological polar surface area (TPSA) is 49.4 Å². The normalized spacial score (nSPS) is 30.1. The van der Waals surface area contributed by atoms with Gasteiger partial charge >= 0.3 is 0 Å². The summed E-state index contributed by atoms with van der Waals surface area (Å²) in [7, 11) is 1.27. The summed E-state index contributed by atoms with van der Waals surface area (Å²) in [6.45, 7) is 0.435. The molecule has 0 atom stereocenters. The van der Waals surface area contributed by atoms with E-state index in [-0.39, 0.29) is 5.91 Å². The number of nitrogens with one attached hydrogen (secondary N) is 1. The molecule has 1 saturated heterocycles. The summed E-state index contributed by atoms with van der Waals surface area (Å²) in [5, 5.41) is 3.28. The summed E-state index contributed by atoms with van der Waals surface area (Å²) in [4.78, 5) is 13.6. The summed E-state index contributed by atoms with van der Waals surface area (Å²) in [5.74, 6) is 1.75. The van der Waals surface area contributed by atoms with E-state index in [0.29, 0.717) is 18.6 Å². The summed E-state index contributed by atoms with van der Waals surface area (Å²) in [6.07, 6.45) is 4.19. The van der Waals surface area contributed by atoms with Crippen molar-refractivity contribution < 1.29 is 9.00 Å². The van der Waals surface area contributed by atoms with E-state index in [0.717, 1.165) is 37.2 Å². The van der Waals surface area contributed by atoms with Crippen LogP contribution in [-0.4, -0.2) is 52.2 Å². The number of carbonyl (C=O) groups excluding carboxylic acids is 1. The highest BCUT2D eigenvalue weighted by Gasteiger charge is 2.29. The Morgan fingerprint density at radius 2 is 1.94 bits per heavy atom. The van der Waals surface area contributed by atoms with Gasteiger partial charge in [0.25, 0.3) is 0 Å². The summed E-state index contributed by atoms with van der Waals surface area (Å²) in [5.41, 5.74) is 0. The van der Waals surface area contributed by atoms with Crippen molar-refractivity contribution in [3.05, 3.63) is 0 Å². The second-order valence-corrected chi connectivity index (χ2v) is 6.44. The molecule has 4 nitrogen and oxygen atoms in total. The van der Waals surface area contributed by atoms with Crippen molar-refractivity contribution in [1.29, 1.82) is 0 Å². The molecule has 1 amide bonds. The maximum Gasteiger partial charge on any atom is 0.236 e. The molecule has 2 rings (SSSR count). The van der Waals surface area contributed by atoms with Gasteiger partial charge in [0.1, 0.15) is 0 Å². The first-order valence-corrected chi connectivity index (χ1v) is 7.49. The van der Waals surface area contributed by atoms with E-state index in [4.69, 9.17) is 0 Å². The molecular weight excluding hydrogens is 224 g/mol. The van der Waals surface area contributed by atoms with E-state index >= 15 is 0 Å². The fourth-order valence-electron chi connectivity index (χ4n) is 2.02. The number of hydrogen-bond donors (Lipinski definition) is 1. The Labute approximate surface area is 99.2 Å². The highest BCUT2D eigenvalue weighted by molar-refractivity contribution is 7.85. The summed E-state index contributed by atoms with van der Waals surface area (Å²) in [6, 6.07) is 0.877. The molecule has 1 N–H and O–H groups in total. The molecule has 5 heteroatoms. The van der Waals surface area contributed by atoms with Crippen molar-refractivity contribution in [1.82, 2.24) is 10.2 Å². The Morgan fingerprint density at radius 1 is 1.31 bits per heavy atom. The van der Waals surface area contributed by atoms with Crippen molar-refractivity contribution in [2.45, 2.75) is 37.8 Å². The van der Waals surface area contributed by atoms with Crippen LogP contribution in [0, 0.1) is 0 Å². The Balaban J connectivity index is 1.66. The lowest BCUT2D eigenvalue weighted by molar-refractivity contribution is -0.129. The van der Waals surface area contributed by atoms with Crippen LogP contribution < -0.4 is 5.32 Å². The lowest BCUT2D eigenvalue weighted by Crippen LogP contribution is -2.43. The maximum absolute atomic E-state index is 11.7. The van der Waals surface area contributed by atoms with Gasteiger partial charge in [0.2, 0.25) is 5.91 Å². The molecular formula is C11H20N2O2S. The molecule has 1 heterocycles. The minimum Gasteiger partial charge on any atom is -0.342 e. The number of amides is 1. The zero-order chi connectivity index (χ0) is 11.5. The van der Waals surface area contributed by atoms with Gasteiger partial charge in [-0.2, -0.15) is 0 Å². The third-order valence-electron chi connectivity index (χ3n) is 3.42. The number of likely N-dealkylation sites (N-methyl/N-ethyl adjacent to an activating group) is 1. The summed E-state index contributed by atoms with van der Waals surface area (Å²) >= 11 is 0. The molecule has 0 radical (unpaired) electrons. The van der Waals surface area contributed by atoms with Crippen LogP contribution in [-0.2, 0) is 15.6 Å². The van der Waals surface area contributed by atoms with Crippen molar-refractivity contribution in [3.8, 4) is 0 Å². The zero-order valence-electron chi connectivity index (χ0n) is 9.78. The first-order chi connectivity index (χ1) is 7.66. The molecule has 0 unspecified atom stereocenters. The predicted molar refractivity (Wildman–Crippen MR) is 64.7 cm³/mol.